The van der Waals surface area contributed by atoms with E-state index in [9.17, 15) is 14.7 Å². The van der Waals surface area contributed by atoms with Crippen LogP contribution in [-0.2, 0) is 9.59 Å². The number of hydrogen-bond donors (Lipinski definition) is 3. The highest BCUT2D eigenvalue weighted by Gasteiger charge is 2.09. The molecule has 0 atom stereocenters. The molecule has 0 saturated carbocycles. The molecule has 2 amide bonds. The topological polar surface area (TPSA) is 90.8 Å². The fourth-order valence-corrected chi connectivity index (χ4v) is 1.88. The first kappa shape index (κ1) is 16.2. The Morgan fingerprint density at radius 3 is 2.65 bits per heavy atom. The van der Waals surface area contributed by atoms with Crippen LogP contribution in [0.5, 0.6) is 5.75 Å². The fraction of sp³-hybridized carbons (Fsp3) is 0.118. The van der Waals surface area contributed by atoms with Gasteiger partial charge in [-0.15, -0.1) is 0 Å². The molecule has 23 heavy (non-hydrogen) atoms. The largest absolute Gasteiger partial charge is 0.508 e. The first-order valence-electron chi connectivity index (χ1n) is 7.01. The van der Waals surface area contributed by atoms with E-state index >= 15 is 0 Å². The normalized spacial score (nSPS) is 10.5. The predicted octanol–water partition coefficient (Wildman–Crippen LogP) is 2.18. The lowest BCUT2D eigenvalue weighted by atomic mass is 10.2. The van der Waals surface area contributed by atoms with E-state index in [-0.39, 0.29) is 12.2 Å². The van der Waals surface area contributed by atoms with E-state index < -0.39 is 11.8 Å². The van der Waals surface area contributed by atoms with E-state index in [0.29, 0.717) is 11.3 Å². The molecule has 2 rings (SSSR count). The molecule has 0 aliphatic rings. The van der Waals surface area contributed by atoms with Gasteiger partial charge < -0.3 is 10.4 Å². The number of anilines is 1. The van der Waals surface area contributed by atoms with Gasteiger partial charge in [0.2, 0.25) is 11.8 Å². The van der Waals surface area contributed by atoms with E-state index in [1.54, 1.807) is 18.2 Å². The van der Waals surface area contributed by atoms with Crippen LogP contribution in [0.15, 0.2) is 53.6 Å². The Hall–Kier alpha value is -3.15. The zero-order valence-corrected chi connectivity index (χ0v) is 12.6. The van der Waals surface area contributed by atoms with Crippen LogP contribution in [-0.4, -0.2) is 23.1 Å². The van der Waals surface area contributed by atoms with Crippen molar-refractivity contribution in [2.45, 2.75) is 13.3 Å². The summed E-state index contributed by atoms with van der Waals surface area (Å²) in [7, 11) is 0. The third kappa shape index (κ3) is 5.28. The number of hydrogen-bond acceptors (Lipinski definition) is 4. The van der Waals surface area contributed by atoms with E-state index in [1.807, 2.05) is 25.1 Å². The molecule has 2 aromatic carbocycles. The Morgan fingerprint density at radius 2 is 1.91 bits per heavy atom. The number of aromatic hydroxyl groups is 1. The van der Waals surface area contributed by atoms with Gasteiger partial charge in [0.1, 0.15) is 12.2 Å². The minimum atomic E-state index is -0.521. The molecule has 0 saturated heterocycles. The number of nitrogens with one attached hydrogen (secondary N) is 2. The number of carbonyl (C=O) groups is 2. The van der Waals surface area contributed by atoms with Crippen LogP contribution in [0.1, 0.15) is 17.5 Å². The SMILES string of the molecule is Cc1ccccc1NC(=O)CC(=O)NN=Cc1cccc(O)c1. The number of hydrazone groups is 1. The zero-order chi connectivity index (χ0) is 16.7. The summed E-state index contributed by atoms with van der Waals surface area (Å²) < 4.78 is 0. The monoisotopic (exact) mass is 311 g/mol. The van der Waals surface area contributed by atoms with Crippen molar-refractivity contribution in [3.05, 3.63) is 59.7 Å². The summed E-state index contributed by atoms with van der Waals surface area (Å²) in [6.07, 6.45) is 1.06. The maximum Gasteiger partial charge on any atom is 0.249 e. The molecule has 0 aromatic heterocycles. The average Bonchev–Trinajstić information content (AvgIpc) is 2.49. The number of para-hydroxylation sites is 1. The molecule has 0 aliphatic carbocycles. The number of carbonyl (C=O) groups excluding carboxylic acids is 2. The van der Waals surface area contributed by atoms with Crippen molar-refractivity contribution in [1.29, 1.82) is 0 Å². The van der Waals surface area contributed by atoms with E-state index in [0.717, 1.165) is 5.56 Å². The third-order valence-electron chi connectivity index (χ3n) is 3.01. The molecule has 0 heterocycles. The maximum absolute atomic E-state index is 11.8. The van der Waals surface area contributed by atoms with E-state index in [2.05, 4.69) is 15.8 Å². The number of phenols is 1. The maximum atomic E-state index is 11.8. The molecule has 0 aliphatic heterocycles. The summed E-state index contributed by atoms with van der Waals surface area (Å²) >= 11 is 0. The average molecular weight is 311 g/mol. The summed E-state index contributed by atoms with van der Waals surface area (Å²) in [6, 6.07) is 13.7. The lowest BCUT2D eigenvalue weighted by Gasteiger charge is -2.07. The van der Waals surface area contributed by atoms with Gasteiger partial charge >= 0.3 is 0 Å². The summed E-state index contributed by atoms with van der Waals surface area (Å²) in [6.45, 7) is 1.87. The van der Waals surface area contributed by atoms with Gasteiger partial charge in [0, 0.05) is 5.69 Å². The lowest BCUT2D eigenvalue weighted by molar-refractivity contribution is -0.126. The first-order chi connectivity index (χ1) is 11.0. The van der Waals surface area contributed by atoms with Crippen molar-refractivity contribution >= 4 is 23.7 Å². The van der Waals surface area contributed by atoms with Crippen molar-refractivity contribution < 1.29 is 14.7 Å². The standard InChI is InChI=1S/C17H17N3O3/c1-12-5-2-3-8-15(12)19-16(22)10-17(23)20-18-11-13-6-4-7-14(21)9-13/h2-9,11,21H,10H2,1H3,(H,19,22)(H,20,23). The highest BCUT2D eigenvalue weighted by Crippen LogP contribution is 2.13. The molecule has 6 nitrogen and oxygen atoms in total. The molecular formula is C17H17N3O3. The quantitative estimate of drug-likeness (QED) is 0.449. The van der Waals surface area contributed by atoms with Gasteiger partial charge in [-0.25, -0.2) is 5.43 Å². The van der Waals surface area contributed by atoms with Crippen molar-refractivity contribution in [1.82, 2.24) is 5.43 Å². The molecule has 0 bridgehead atoms. The van der Waals surface area contributed by atoms with Crippen LogP contribution in [0, 0.1) is 6.92 Å². The lowest BCUT2D eigenvalue weighted by Crippen LogP contribution is -2.24. The Kier molecular flexibility index (Phi) is 5.46. The summed E-state index contributed by atoms with van der Waals surface area (Å²) in [5.41, 5.74) is 4.50. The molecule has 0 spiro atoms. The highest BCUT2D eigenvalue weighted by molar-refractivity contribution is 6.04. The number of aryl methyl sites for hydroxylation is 1. The smallest absolute Gasteiger partial charge is 0.249 e. The molecule has 0 unspecified atom stereocenters. The van der Waals surface area contributed by atoms with Crippen LogP contribution in [0.2, 0.25) is 0 Å². The molecule has 3 N–H and O–H groups in total. The molecule has 6 heteroatoms. The van der Waals surface area contributed by atoms with Gasteiger partial charge in [0.25, 0.3) is 0 Å². The molecule has 0 fully saturated rings. The Balaban J connectivity index is 1.82. The van der Waals surface area contributed by atoms with Gasteiger partial charge in [0.15, 0.2) is 0 Å². The van der Waals surface area contributed by atoms with Crippen molar-refractivity contribution in [3.63, 3.8) is 0 Å². The Morgan fingerprint density at radius 1 is 1.13 bits per heavy atom. The number of amides is 2. The van der Waals surface area contributed by atoms with Crippen molar-refractivity contribution in [3.8, 4) is 5.75 Å². The van der Waals surface area contributed by atoms with Crippen molar-refractivity contribution in [2.24, 2.45) is 5.10 Å². The number of nitrogens with zero attached hydrogens (tertiary/aromatic N) is 1. The molecule has 0 radical (unpaired) electrons. The number of benzene rings is 2. The van der Waals surface area contributed by atoms with Gasteiger partial charge in [-0.1, -0.05) is 30.3 Å². The molecule has 2 aromatic rings. The van der Waals surface area contributed by atoms with E-state index in [4.69, 9.17) is 0 Å². The van der Waals surface area contributed by atoms with Gasteiger partial charge in [-0.05, 0) is 36.2 Å². The Bertz CT molecular complexity index is 741. The second-order valence-corrected chi connectivity index (χ2v) is 4.93. The van der Waals surface area contributed by atoms with Crippen molar-refractivity contribution in [2.75, 3.05) is 5.32 Å². The minimum Gasteiger partial charge on any atom is -0.508 e. The summed E-state index contributed by atoms with van der Waals surface area (Å²) in [5.74, 6) is -0.824. The first-order valence-corrected chi connectivity index (χ1v) is 7.01. The summed E-state index contributed by atoms with van der Waals surface area (Å²) in [5, 5.41) is 15.7. The third-order valence-corrected chi connectivity index (χ3v) is 3.01. The van der Waals surface area contributed by atoms with Crippen LogP contribution < -0.4 is 10.7 Å². The van der Waals surface area contributed by atoms with E-state index in [1.165, 1.54) is 18.3 Å². The highest BCUT2D eigenvalue weighted by atomic mass is 16.3. The molecular weight excluding hydrogens is 294 g/mol. The Labute approximate surface area is 133 Å². The van der Waals surface area contributed by atoms with Gasteiger partial charge in [0.05, 0.1) is 6.21 Å². The second kappa shape index (κ2) is 7.74. The second-order valence-electron chi connectivity index (χ2n) is 4.93. The molecule has 118 valence electrons. The van der Waals surface area contributed by atoms with Gasteiger partial charge in [-0.2, -0.15) is 5.10 Å². The van der Waals surface area contributed by atoms with Crippen LogP contribution >= 0.6 is 0 Å². The van der Waals surface area contributed by atoms with Crippen LogP contribution in [0.3, 0.4) is 0 Å². The zero-order valence-electron chi connectivity index (χ0n) is 12.6. The fourth-order valence-electron chi connectivity index (χ4n) is 1.88. The summed E-state index contributed by atoms with van der Waals surface area (Å²) in [4.78, 5) is 23.4. The number of phenolic OH excluding ortho intramolecular Hbond substituents is 1. The van der Waals surface area contributed by atoms with Crippen LogP contribution in [0.25, 0.3) is 0 Å². The minimum absolute atomic E-state index is 0.109. The number of rotatable bonds is 5. The van der Waals surface area contributed by atoms with Gasteiger partial charge in [-0.3, -0.25) is 9.59 Å². The predicted molar refractivity (Wildman–Crippen MR) is 88.3 cm³/mol. The van der Waals surface area contributed by atoms with Crippen LogP contribution in [0.4, 0.5) is 5.69 Å².